The Morgan fingerprint density at radius 3 is 2.17 bits per heavy atom. The fourth-order valence-corrected chi connectivity index (χ4v) is 3.94. The van der Waals surface area contributed by atoms with Gasteiger partial charge in [-0.15, -0.1) is 0 Å². The second-order valence-corrected chi connectivity index (χ2v) is 9.05. The molecule has 0 spiro atoms. The van der Waals surface area contributed by atoms with Gasteiger partial charge in [-0.05, 0) is 96.8 Å². The number of benzene rings is 2. The Balaban J connectivity index is 1.70. The fraction of sp³-hybridized carbons (Fsp3) is 0.520. The Bertz CT molecular complexity index is 716. The second kappa shape index (κ2) is 14.9. The molecule has 0 bridgehead atoms. The molecule has 0 saturated carbocycles. The third-order valence-electron chi connectivity index (χ3n) is 5.12. The summed E-state index contributed by atoms with van der Waals surface area (Å²) in [6, 6.07) is 14.0. The van der Waals surface area contributed by atoms with E-state index < -0.39 is 0 Å². The summed E-state index contributed by atoms with van der Waals surface area (Å²) in [6.07, 6.45) is 6.34. The third-order valence-corrected chi connectivity index (χ3v) is 5.99. The average molecular weight is 496 g/mol. The van der Waals surface area contributed by atoms with Crippen LogP contribution in [0.2, 0.25) is 5.02 Å². The van der Waals surface area contributed by atoms with Crippen molar-refractivity contribution in [2.45, 2.75) is 59.1 Å². The topological polar surface area (TPSA) is 24.5 Å². The Kier molecular flexibility index (Phi) is 12.5. The van der Waals surface area contributed by atoms with Gasteiger partial charge in [-0.25, -0.2) is 0 Å². The van der Waals surface area contributed by atoms with Gasteiger partial charge in [-0.1, -0.05) is 56.5 Å². The normalized spacial score (nSPS) is 11.2. The molecule has 1 N–H and O–H groups in total. The van der Waals surface area contributed by atoms with Crippen LogP contribution in [0.4, 0.5) is 0 Å². The molecule has 0 amide bonds. The van der Waals surface area contributed by atoms with Crippen molar-refractivity contribution < 1.29 is 4.74 Å². The van der Waals surface area contributed by atoms with E-state index in [9.17, 15) is 0 Å². The molecule has 166 valence electrons. The van der Waals surface area contributed by atoms with Crippen molar-refractivity contribution in [3.8, 4) is 5.75 Å². The summed E-state index contributed by atoms with van der Waals surface area (Å²) >= 11 is 9.57. The second-order valence-electron chi connectivity index (χ2n) is 7.76. The summed E-state index contributed by atoms with van der Waals surface area (Å²) in [6.45, 7) is 10.6. The molecule has 0 aliphatic rings. The van der Waals surface area contributed by atoms with Crippen LogP contribution in [-0.4, -0.2) is 31.1 Å². The molecule has 2 aromatic rings. The zero-order valence-corrected chi connectivity index (χ0v) is 20.8. The van der Waals surface area contributed by atoms with Gasteiger partial charge >= 0.3 is 0 Å². The quantitative estimate of drug-likeness (QED) is 0.268. The third kappa shape index (κ3) is 9.82. The molecule has 0 aromatic heterocycles. The number of hydrogen-bond acceptors (Lipinski definition) is 3. The minimum absolute atomic E-state index is 0.528. The number of hydrogen-bond donors (Lipinski definition) is 1. The SMILES string of the molecule is CCCCN(CCCC)CCCNCc1ccc(OCc2ccc(Cl)cc2)c(Br)c1. The van der Waals surface area contributed by atoms with E-state index in [-0.39, 0.29) is 0 Å². The zero-order valence-electron chi connectivity index (χ0n) is 18.4. The van der Waals surface area contributed by atoms with Gasteiger partial charge in [0.05, 0.1) is 4.47 Å². The highest BCUT2D eigenvalue weighted by molar-refractivity contribution is 9.10. The van der Waals surface area contributed by atoms with Gasteiger partial charge in [-0.2, -0.15) is 0 Å². The summed E-state index contributed by atoms with van der Waals surface area (Å²) in [5.74, 6) is 0.858. The maximum Gasteiger partial charge on any atom is 0.134 e. The number of nitrogens with zero attached hydrogens (tertiary/aromatic N) is 1. The predicted octanol–water partition coefficient (Wildman–Crippen LogP) is 7.06. The van der Waals surface area contributed by atoms with Crippen molar-refractivity contribution in [1.82, 2.24) is 10.2 Å². The Morgan fingerprint density at radius 1 is 0.900 bits per heavy atom. The Labute approximate surface area is 196 Å². The van der Waals surface area contributed by atoms with E-state index in [1.54, 1.807) is 0 Å². The molecule has 3 nitrogen and oxygen atoms in total. The van der Waals surface area contributed by atoms with E-state index in [1.807, 2.05) is 30.3 Å². The molecular formula is C25H36BrClN2O. The van der Waals surface area contributed by atoms with E-state index in [1.165, 1.54) is 57.3 Å². The van der Waals surface area contributed by atoms with Crippen molar-refractivity contribution in [1.29, 1.82) is 0 Å². The number of ether oxygens (including phenoxy) is 1. The summed E-state index contributed by atoms with van der Waals surface area (Å²) in [4.78, 5) is 2.62. The van der Waals surface area contributed by atoms with Crippen LogP contribution in [-0.2, 0) is 13.2 Å². The first-order valence-corrected chi connectivity index (χ1v) is 12.4. The molecule has 0 atom stereocenters. The van der Waals surface area contributed by atoms with Crippen LogP contribution in [0.5, 0.6) is 5.75 Å². The molecule has 0 aliphatic heterocycles. The van der Waals surface area contributed by atoms with Crippen molar-refractivity contribution in [3.05, 3.63) is 63.1 Å². The first-order valence-electron chi connectivity index (χ1n) is 11.2. The molecule has 0 aliphatic carbocycles. The Morgan fingerprint density at radius 2 is 1.53 bits per heavy atom. The largest absolute Gasteiger partial charge is 0.488 e. The minimum Gasteiger partial charge on any atom is -0.488 e. The number of halogens is 2. The van der Waals surface area contributed by atoms with Gasteiger partial charge in [0.15, 0.2) is 0 Å². The van der Waals surface area contributed by atoms with Crippen LogP contribution < -0.4 is 10.1 Å². The molecule has 0 unspecified atom stereocenters. The van der Waals surface area contributed by atoms with E-state index in [0.717, 1.165) is 33.9 Å². The minimum atomic E-state index is 0.528. The van der Waals surface area contributed by atoms with Crippen molar-refractivity contribution in [2.75, 3.05) is 26.2 Å². The molecule has 30 heavy (non-hydrogen) atoms. The Hall–Kier alpha value is -1.07. The molecule has 2 aromatic carbocycles. The molecule has 5 heteroatoms. The van der Waals surface area contributed by atoms with Crippen LogP contribution in [0.3, 0.4) is 0 Å². The zero-order chi connectivity index (χ0) is 21.6. The van der Waals surface area contributed by atoms with Crippen molar-refractivity contribution >= 4 is 27.5 Å². The van der Waals surface area contributed by atoms with Crippen LogP contribution >= 0.6 is 27.5 Å². The van der Waals surface area contributed by atoms with E-state index >= 15 is 0 Å². The number of unbranched alkanes of at least 4 members (excludes halogenated alkanes) is 2. The van der Waals surface area contributed by atoms with Crippen LogP contribution in [0.15, 0.2) is 46.9 Å². The number of nitrogens with one attached hydrogen (secondary N) is 1. The lowest BCUT2D eigenvalue weighted by molar-refractivity contribution is 0.261. The van der Waals surface area contributed by atoms with Crippen molar-refractivity contribution in [3.63, 3.8) is 0 Å². The lowest BCUT2D eigenvalue weighted by Crippen LogP contribution is -2.29. The highest BCUT2D eigenvalue weighted by Gasteiger charge is 2.05. The lowest BCUT2D eigenvalue weighted by atomic mass is 10.2. The molecule has 0 saturated heterocycles. The first-order chi connectivity index (χ1) is 14.6. The van der Waals surface area contributed by atoms with Gasteiger partial charge in [-0.3, -0.25) is 0 Å². The highest BCUT2D eigenvalue weighted by Crippen LogP contribution is 2.27. The van der Waals surface area contributed by atoms with Crippen molar-refractivity contribution in [2.24, 2.45) is 0 Å². The first kappa shape index (κ1) is 25.2. The van der Waals surface area contributed by atoms with Crippen LogP contribution in [0.1, 0.15) is 57.1 Å². The summed E-state index contributed by atoms with van der Waals surface area (Å²) in [5, 5.41) is 4.32. The summed E-state index contributed by atoms with van der Waals surface area (Å²) in [5.41, 5.74) is 2.36. The molecule has 0 fully saturated rings. The van der Waals surface area contributed by atoms with Gasteiger partial charge in [0.2, 0.25) is 0 Å². The summed E-state index contributed by atoms with van der Waals surface area (Å²) in [7, 11) is 0. The van der Waals surface area contributed by atoms with E-state index in [2.05, 4.69) is 52.1 Å². The maximum atomic E-state index is 5.94. The van der Waals surface area contributed by atoms with Crippen LogP contribution in [0, 0.1) is 0 Å². The summed E-state index contributed by atoms with van der Waals surface area (Å²) < 4.78 is 6.92. The van der Waals surface area contributed by atoms with Gasteiger partial charge in [0.1, 0.15) is 12.4 Å². The average Bonchev–Trinajstić information content (AvgIpc) is 2.75. The molecular weight excluding hydrogens is 460 g/mol. The smallest absolute Gasteiger partial charge is 0.134 e. The molecule has 0 radical (unpaired) electrons. The predicted molar refractivity (Wildman–Crippen MR) is 133 cm³/mol. The lowest BCUT2D eigenvalue weighted by Gasteiger charge is -2.22. The maximum absolute atomic E-state index is 5.94. The number of rotatable bonds is 15. The molecule has 2 rings (SSSR count). The van der Waals surface area contributed by atoms with Gasteiger partial charge < -0.3 is 15.0 Å². The van der Waals surface area contributed by atoms with Crippen LogP contribution in [0.25, 0.3) is 0 Å². The van der Waals surface area contributed by atoms with E-state index in [4.69, 9.17) is 16.3 Å². The van der Waals surface area contributed by atoms with Gasteiger partial charge in [0, 0.05) is 11.6 Å². The highest BCUT2D eigenvalue weighted by atomic mass is 79.9. The molecule has 0 heterocycles. The standard InChI is InChI=1S/C25H36BrClN2O/c1-3-5-15-29(16-6-4-2)17-7-14-28-19-22-10-13-25(24(26)18-22)30-20-21-8-11-23(27)12-9-21/h8-13,18,28H,3-7,14-17,19-20H2,1-2H3. The van der Waals surface area contributed by atoms with E-state index in [0.29, 0.717) is 6.61 Å². The monoisotopic (exact) mass is 494 g/mol. The fourth-order valence-electron chi connectivity index (χ4n) is 3.27. The van der Waals surface area contributed by atoms with Gasteiger partial charge in [0.25, 0.3) is 0 Å².